The first-order chi connectivity index (χ1) is 13.5. The summed E-state index contributed by atoms with van der Waals surface area (Å²) in [5.41, 5.74) is 1.65. The Bertz CT molecular complexity index is 879. The lowest BCUT2D eigenvalue weighted by atomic mass is 10.1. The van der Waals surface area contributed by atoms with Crippen LogP contribution in [0.2, 0.25) is 0 Å². The van der Waals surface area contributed by atoms with Crippen molar-refractivity contribution < 1.29 is 19.1 Å². The van der Waals surface area contributed by atoms with Crippen LogP contribution in [0.4, 0.5) is 16.2 Å². The Kier molecular flexibility index (Phi) is 5.93. The molecule has 1 aliphatic heterocycles. The van der Waals surface area contributed by atoms with Gasteiger partial charge in [0.05, 0.1) is 11.4 Å². The third-order valence-electron chi connectivity index (χ3n) is 4.52. The van der Waals surface area contributed by atoms with E-state index >= 15 is 0 Å². The number of hydrogen-bond acceptors (Lipinski definition) is 4. The van der Waals surface area contributed by atoms with E-state index in [4.69, 9.17) is 4.74 Å². The Labute approximate surface area is 163 Å². The van der Waals surface area contributed by atoms with Crippen molar-refractivity contribution in [2.75, 3.05) is 16.8 Å². The maximum atomic E-state index is 13.1. The molecule has 28 heavy (non-hydrogen) atoms. The molecular weight excluding hydrogens is 358 g/mol. The normalized spacial score (nSPS) is 15.4. The van der Waals surface area contributed by atoms with E-state index in [1.54, 1.807) is 49.4 Å². The summed E-state index contributed by atoms with van der Waals surface area (Å²) in [5, 5.41) is 5.46. The molecule has 7 nitrogen and oxygen atoms in total. The van der Waals surface area contributed by atoms with Gasteiger partial charge in [0, 0.05) is 12.1 Å². The number of hydrogen-bond donors (Lipinski definition) is 2. The Morgan fingerprint density at radius 1 is 1.14 bits per heavy atom. The molecule has 0 bridgehead atoms. The molecule has 0 aromatic heterocycles. The molecule has 1 heterocycles. The SMILES string of the molecule is CCCCNC(=O)Oc1ccc(C(=O)N2c3ccccc3NC(=O)[C@H]2C)cc1. The maximum absolute atomic E-state index is 13.1. The van der Waals surface area contributed by atoms with Crippen LogP contribution in [0.15, 0.2) is 48.5 Å². The number of ether oxygens (including phenoxy) is 1. The van der Waals surface area contributed by atoms with Crippen molar-refractivity contribution in [1.82, 2.24) is 5.32 Å². The Morgan fingerprint density at radius 2 is 1.86 bits per heavy atom. The number of anilines is 2. The number of rotatable bonds is 5. The first-order valence-corrected chi connectivity index (χ1v) is 9.30. The predicted octanol–water partition coefficient (Wildman–Crippen LogP) is 3.56. The number of para-hydroxylation sites is 2. The van der Waals surface area contributed by atoms with Crippen molar-refractivity contribution in [3.63, 3.8) is 0 Å². The fraction of sp³-hybridized carbons (Fsp3) is 0.286. The minimum atomic E-state index is -0.636. The van der Waals surface area contributed by atoms with E-state index in [0.717, 1.165) is 12.8 Å². The number of benzene rings is 2. The van der Waals surface area contributed by atoms with Gasteiger partial charge in [-0.3, -0.25) is 14.5 Å². The standard InChI is InChI=1S/C21H23N3O4/c1-3-4-13-22-21(27)28-16-11-9-15(10-12-16)20(26)24-14(2)19(25)23-17-7-5-6-8-18(17)24/h5-12,14H,3-4,13H2,1-2H3,(H,22,27)(H,23,25)/t14-/m1/s1. The smallest absolute Gasteiger partial charge is 0.410 e. The highest BCUT2D eigenvalue weighted by atomic mass is 16.6. The Morgan fingerprint density at radius 3 is 2.57 bits per heavy atom. The second kappa shape index (κ2) is 8.56. The second-order valence-electron chi connectivity index (χ2n) is 6.55. The van der Waals surface area contributed by atoms with E-state index in [1.807, 2.05) is 13.0 Å². The van der Waals surface area contributed by atoms with Crippen LogP contribution >= 0.6 is 0 Å². The lowest BCUT2D eigenvalue weighted by Crippen LogP contribution is -2.49. The molecule has 2 aromatic carbocycles. The molecule has 0 radical (unpaired) electrons. The molecule has 0 aliphatic carbocycles. The maximum Gasteiger partial charge on any atom is 0.412 e. The summed E-state index contributed by atoms with van der Waals surface area (Å²) in [7, 11) is 0. The molecule has 146 valence electrons. The number of amides is 3. The topological polar surface area (TPSA) is 87.7 Å². The number of unbranched alkanes of at least 4 members (excludes halogenated alkanes) is 1. The highest BCUT2D eigenvalue weighted by molar-refractivity contribution is 6.16. The number of fused-ring (bicyclic) bond motifs is 1. The lowest BCUT2D eigenvalue weighted by molar-refractivity contribution is -0.117. The van der Waals surface area contributed by atoms with Crippen LogP contribution in [0.25, 0.3) is 0 Å². The summed E-state index contributed by atoms with van der Waals surface area (Å²) < 4.78 is 5.20. The molecule has 2 N–H and O–H groups in total. The third kappa shape index (κ3) is 4.14. The van der Waals surface area contributed by atoms with Crippen LogP contribution in [0, 0.1) is 0 Å². The van der Waals surface area contributed by atoms with E-state index < -0.39 is 12.1 Å². The molecule has 2 aromatic rings. The van der Waals surface area contributed by atoms with E-state index in [9.17, 15) is 14.4 Å². The summed E-state index contributed by atoms with van der Waals surface area (Å²) in [6, 6.07) is 12.8. The summed E-state index contributed by atoms with van der Waals surface area (Å²) in [5.74, 6) is -0.195. The molecule has 1 aliphatic rings. The molecule has 1 atom stereocenters. The zero-order valence-electron chi connectivity index (χ0n) is 15.9. The second-order valence-corrected chi connectivity index (χ2v) is 6.55. The van der Waals surface area contributed by atoms with Gasteiger partial charge in [0.15, 0.2) is 0 Å². The van der Waals surface area contributed by atoms with Gasteiger partial charge in [0.1, 0.15) is 11.8 Å². The van der Waals surface area contributed by atoms with Gasteiger partial charge < -0.3 is 15.4 Å². The molecule has 0 unspecified atom stereocenters. The monoisotopic (exact) mass is 381 g/mol. The van der Waals surface area contributed by atoms with Crippen molar-refractivity contribution >= 4 is 29.3 Å². The molecule has 3 amide bonds. The summed E-state index contributed by atoms with van der Waals surface area (Å²) in [6.45, 7) is 4.27. The number of carbonyl (C=O) groups excluding carboxylic acids is 3. The molecule has 3 rings (SSSR count). The van der Waals surface area contributed by atoms with E-state index in [1.165, 1.54) is 4.90 Å². The van der Waals surface area contributed by atoms with Gasteiger partial charge in [0.2, 0.25) is 5.91 Å². The number of nitrogens with zero attached hydrogens (tertiary/aromatic N) is 1. The van der Waals surface area contributed by atoms with Crippen LogP contribution in [0.5, 0.6) is 5.75 Å². The van der Waals surface area contributed by atoms with Gasteiger partial charge in [-0.15, -0.1) is 0 Å². The minimum absolute atomic E-state index is 0.240. The molecular formula is C21H23N3O4. The molecule has 0 saturated heterocycles. The highest BCUT2D eigenvalue weighted by Gasteiger charge is 2.34. The number of carbonyl (C=O) groups is 3. The van der Waals surface area contributed by atoms with Gasteiger partial charge >= 0.3 is 6.09 Å². The first-order valence-electron chi connectivity index (χ1n) is 9.30. The zero-order valence-corrected chi connectivity index (χ0v) is 15.9. The van der Waals surface area contributed by atoms with Crippen LogP contribution in [-0.2, 0) is 4.79 Å². The average molecular weight is 381 g/mol. The van der Waals surface area contributed by atoms with Crippen LogP contribution in [-0.4, -0.2) is 30.5 Å². The summed E-state index contributed by atoms with van der Waals surface area (Å²) in [6.07, 6.45) is 1.33. The van der Waals surface area contributed by atoms with E-state index in [-0.39, 0.29) is 11.8 Å². The number of nitrogens with one attached hydrogen (secondary N) is 2. The van der Waals surface area contributed by atoms with E-state index in [2.05, 4.69) is 10.6 Å². The zero-order chi connectivity index (χ0) is 20.1. The van der Waals surface area contributed by atoms with Crippen molar-refractivity contribution in [3.05, 3.63) is 54.1 Å². The van der Waals surface area contributed by atoms with Gasteiger partial charge in [-0.25, -0.2) is 4.79 Å². The molecule has 7 heteroatoms. The van der Waals surface area contributed by atoms with Gasteiger partial charge in [-0.1, -0.05) is 25.5 Å². The third-order valence-corrected chi connectivity index (χ3v) is 4.52. The fourth-order valence-corrected chi connectivity index (χ4v) is 2.95. The molecule has 0 saturated carbocycles. The van der Waals surface area contributed by atoms with Gasteiger partial charge in [-0.05, 0) is 49.7 Å². The highest BCUT2D eigenvalue weighted by Crippen LogP contribution is 2.33. The van der Waals surface area contributed by atoms with Crippen LogP contribution in [0.1, 0.15) is 37.0 Å². The lowest BCUT2D eigenvalue weighted by Gasteiger charge is -2.34. The van der Waals surface area contributed by atoms with Crippen molar-refractivity contribution in [2.24, 2.45) is 0 Å². The van der Waals surface area contributed by atoms with Gasteiger partial charge in [-0.2, -0.15) is 0 Å². The summed E-state index contributed by atoms with van der Waals surface area (Å²) >= 11 is 0. The van der Waals surface area contributed by atoms with E-state index in [0.29, 0.717) is 29.2 Å². The van der Waals surface area contributed by atoms with Crippen molar-refractivity contribution in [3.8, 4) is 5.75 Å². The Hall–Kier alpha value is -3.35. The first kappa shape index (κ1) is 19.4. The minimum Gasteiger partial charge on any atom is -0.410 e. The van der Waals surface area contributed by atoms with Gasteiger partial charge in [0.25, 0.3) is 5.91 Å². The van der Waals surface area contributed by atoms with Crippen molar-refractivity contribution in [1.29, 1.82) is 0 Å². The fourth-order valence-electron chi connectivity index (χ4n) is 2.95. The average Bonchev–Trinajstić information content (AvgIpc) is 2.69. The largest absolute Gasteiger partial charge is 0.412 e. The molecule has 0 spiro atoms. The predicted molar refractivity (Wildman–Crippen MR) is 107 cm³/mol. The Balaban J connectivity index is 1.74. The summed E-state index contributed by atoms with van der Waals surface area (Å²) in [4.78, 5) is 38.5. The quantitative estimate of drug-likeness (QED) is 0.775. The molecule has 0 fully saturated rings. The van der Waals surface area contributed by atoms with Crippen LogP contribution < -0.4 is 20.3 Å². The van der Waals surface area contributed by atoms with Crippen LogP contribution in [0.3, 0.4) is 0 Å². The van der Waals surface area contributed by atoms with Crippen molar-refractivity contribution in [2.45, 2.75) is 32.7 Å².